The van der Waals surface area contributed by atoms with Gasteiger partial charge in [0, 0.05) is 52.4 Å². The number of nitrogens with one attached hydrogen (secondary N) is 1. The van der Waals surface area contributed by atoms with E-state index in [4.69, 9.17) is 9.47 Å². The van der Waals surface area contributed by atoms with Gasteiger partial charge in [-0.1, -0.05) is 0 Å². The molecule has 2 rings (SSSR count). The lowest BCUT2D eigenvalue weighted by Crippen LogP contribution is -2.48. The van der Waals surface area contributed by atoms with E-state index in [1.807, 2.05) is 11.9 Å². The zero-order valence-electron chi connectivity index (χ0n) is 13.3. The van der Waals surface area contributed by atoms with Gasteiger partial charge in [-0.15, -0.1) is 0 Å². The molecule has 1 aromatic heterocycles. The molecule has 0 spiro atoms. The number of likely N-dealkylation sites (N-methyl/N-ethyl adjacent to an activating group) is 1. The second-order valence-corrected chi connectivity index (χ2v) is 5.25. The number of pyridine rings is 1. The van der Waals surface area contributed by atoms with Gasteiger partial charge in [0.2, 0.25) is 0 Å². The first kappa shape index (κ1) is 16.9. The highest BCUT2D eigenvalue weighted by atomic mass is 19.1. The number of anilines is 1. The predicted octanol–water partition coefficient (Wildman–Crippen LogP) is 0.587. The van der Waals surface area contributed by atoms with E-state index >= 15 is 0 Å². The molecule has 2 heterocycles. The smallest absolute Gasteiger partial charge is 0.169 e. The largest absolute Gasteiger partial charge is 0.489 e. The van der Waals surface area contributed by atoms with Gasteiger partial charge in [0.1, 0.15) is 12.4 Å². The average Bonchev–Trinajstić information content (AvgIpc) is 2.54. The number of methoxy groups -OCH3 is 1. The third-order valence-electron chi connectivity index (χ3n) is 3.70. The number of halogens is 1. The van der Waals surface area contributed by atoms with Gasteiger partial charge in [-0.25, -0.2) is 9.37 Å². The first-order chi connectivity index (χ1) is 10.7. The Bertz CT molecular complexity index is 453. The number of nitrogens with zero attached hydrogens (tertiary/aromatic N) is 3. The third-order valence-corrected chi connectivity index (χ3v) is 3.70. The second kappa shape index (κ2) is 8.87. The fourth-order valence-electron chi connectivity index (χ4n) is 2.42. The Morgan fingerprint density at radius 2 is 2.05 bits per heavy atom. The molecule has 0 bridgehead atoms. The van der Waals surface area contributed by atoms with E-state index in [2.05, 4.69) is 15.2 Å². The minimum absolute atomic E-state index is 0.335. The van der Waals surface area contributed by atoms with Gasteiger partial charge in [0.25, 0.3) is 0 Å². The molecule has 0 amide bonds. The molecule has 0 aliphatic carbocycles. The quantitative estimate of drug-likeness (QED) is 0.709. The summed E-state index contributed by atoms with van der Waals surface area (Å²) >= 11 is 0. The van der Waals surface area contributed by atoms with Crippen molar-refractivity contribution in [3.63, 3.8) is 0 Å². The van der Waals surface area contributed by atoms with E-state index in [1.165, 1.54) is 6.07 Å². The summed E-state index contributed by atoms with van der Waals surface area (Å²) in [6.07, 6.45) is 1.57. The molecule has 7 heteroatoms. The lowest BCUT2D eigenvalue weighted by atomic mass is 10.3. The second-order valence-electron chi connectivity index (χ2n) is 5.25. The molecular formula is C15H25FN4O2. The normalized spacial score (nSPS) is 16.0. The van der Waals surface area contributed by atoms with Crippen molar-refractivity contribution in [2.45, 2.75) is 0 Å². The van der Waals surface area contributed by atoms with Gasteiger partial charge >= 0.3 is 0 Å². The summed E-state index contributed by atoms with van der Waals surface area (Å²) in [7, 11) is 3.55. The van der Waals surface area contributed by atoms with E-state index in [0.29, 0.717) is 24.8 Å². The number of piperazine rings is 1. The van der Waals surface area contributed by atoms with Gasteiger partial charge < -0.3 is 19.7 Å². The molecule has 1 N–H and O–H groups in total. The summed E-state index contributed by atoms with van der Waals surface area (Å²) < 4.78 is 24.5. The maximum absolute atomic E-state index is 14.2. The highest BCUT2D eigenvalue weighted by Gasteiger charge is 2.20. The van der Waals surface area contributed by atoms with Gasteiger partial charge in [-0.2, -0.15) is 0 Å². The molecule has 0 aromatic carbocycles. The Kier molecular flexibility index (Phi) is 6.82. The van der Waals surface area contributed by atoms with E-state index < -0.39 is 0 Å². The van der Waals surface area contributed by atoms with Crippen molar-refractivity contribution in [3.05, 3.63) is 18.1 Å². The predicted molar refractivity (Wildman–Crippen MR) is 84.1 cm³/mol. The Morgan fingerprint density at radius 3 is 2.68 bits per heavy atom. The molecule has 1 aliphatic rings. The van der Waals surface area contributed by atoms with Crippen LogP contribution in [-0.4, -0.2) is 76.5 Å². The number of aromatic nitrogens is 1. The van der Waals surface area contributed by atoms with Crippen LogP contribution in [0, 0.1) is 5.82 Å². The van der Waals surface area contributed by atoms with Crippen LogP contribution in [0.25, 0.3) is 0 Å². The standard InChI is InChI=1S/C15H25FN4O2/c1-17-3-4-19-5-7-20(8-6-19)15-14(16)11-13(12-18-15)22-10-9-21-2/h11-12,17H,3-10H2,1-2H3. The summed E-state index contributed by atoms with van der Waals surface area (Å²) in [5.74, 6) is 0.511. The van der Waals surface area contributed by atoms with Crippen LogP contribution in [0.5, 0.6) is 5.75 Å². The fraction of sp³-hybridized carbons (Fsp3) is 0.667. The fourth-order valence-corrected chi connectivity index (χ4v) is 2.42. The molecule has 6 nitrogen and oxygen atoms in total. The van der Waals surface area contributed by atoms with Crippen LogP contribution in [0.15, 0.2) is 12.3 Å². The maximum Gasteiger partial charge on any atom is 0.169 e. The summed E-state index contributed by atoms with van der Waals surface area (Å²) in [6.45, 7) is 6.28. The molecular weight excluding hydrogens is 287 g/mol. The van der Waals surface area contributed by atoms with Crippen molar-refractivity contribution in [1.82, 2.24) is 15.2 Å². The number of hydrogen-bond acceptors (Lipinski definition) is 6. The zero-order valence-corrected chi connectivity index (χ0v) is 13.3. The van der Waals surface area contributed by atoms with Gasteiger partial charge in [-0.3, -0.25) is 4.90 Å². The molecule has 22 heavy (non-hydrogen) atoms. The lowest BCUT2D eigenvalue weighted by molar-refractivity contribution is 0.146. The van der Waals surface area contributed by atoms with Crippen molar-refractivity contribution in [1.29, 1.82) is 0 Å². The number of ether oxygens (including phenoxy) is 2. The van der Waals surface area contributed by atoms with Crippen LogP contribution in [0.3, 0.4) is 0 Å². The van der Waals surface area contributed by atoms with Gasteiger partial charge in [0.15, 0.2) is 11.6 Å². The SMILES string of the molecule is CNCCN1CCN(c2ncc(OCCOC)cc2F)CC1. The van der Waals surface area contributed by atoms with Crippen LogP contribution in [0.4, 0.5) is 10.2 Å². The molecule has 0 radical (unpaired) electrons. The van der Waals surface area contributed by atoms with Crippen molar-refractivity contribution >= 4 is 5.82 Å². The van der Waals surface area contributed by atoms with E-state index in [1.54, 1.807) is 13.3 Å². The van der Waals surface area contributed by atoms with Crippen molar-refractivity contribution in [3.8, 4) is 5.75 Å². The Labute approximate surface area is 131 Å². The summed E-state index contributed by atoms with van der Waals surface area (Å²) in [5.41, 5.74) is 0. The van der Waals surface area contributed by atoms with E-state index in [0.717, 1.165) is 39.3 Å². The molecule has 0 unspecified atom stereocenters. The highest BCUT2D eigenvalue weighted by molar-refractivity contribution is 5.43. The zero-order chi connectivity index (χ0) is 15.8. The highest BCUT2D eigenvalue weighted by Crippen LogP contribution is 2.22. The van der Waals surface area contributed by atoms with Crippen LogP contribution in [0.1, 0.15) is 0 Å². The van der Waals surface area contributed by atoms with Crippen LogP contribution in [-0.2, 0) is 4.74 Å². The van der Waals surface area contributed by atoms with Gasteiger partial charge in [0.05, 0.1) is 12.8 Å². The van der Waals surface area contributed by atoms with Gasteiger partial charge in [-0.05, 0) is 7.05 Å². The third kappa shape index (κ3) is 4.79. The molecule has 0 saturated carbocycles. The monoisotopic (exact) mass is 312 g/mol. The Morgan fingerprint density at radius 1 is 1.27 bits per heavy atom. The lowest BCUT2D eigenvalue weighted by Gasteiger charge is -2.35. The Hall–Kier alpha value is -1.44. The number of hydrogen-bond donors (Lipinski definition) is 1. The van der Waals surface area contributed by atoms with E-state index in [-0.39, 0.29) is 5.82 Å². The van der Waals surface area contributed by atoms with Crippen molar-refractivity contribution in [2.75, 3.05) is 71.5 Å². The first-order valence-corrected chi connectivity index (χ1v) is 7.63. The van der Waals surface area contributed by atoms with Crippen LogP contribution in [0.2, 0.25) is 0 Å². The van der Waals surface area contributed by atoms with Crippen molar-refractivity contribution in [2.24, 2.45) is 0 Å². The summed E-state index contributed by atoms with van der Waals surface area (Å²) in [5, 5.41) is 3.14. The number of rotatable bonds is 8. The summed E-state index contributed by atoms with van der Waals surface area (Å²) in [6, 6.07) is 1.39. The minimum atomic E-state index is -0.335. The first-order valence-electron chi connectivity index (χ1n) is 7.63. The summed E-state index contributed by atoms with van der Waals surface area (Å²) in [4.78, 5) is 8.58. The molecule has 1 aromatic rings. The average molecular weight is 312 g/mol. The minimum Gasteiger partial charge on any atom is -0.489 e. The van der Waals surface area contributed by atoms with Crippen LogP contribution < -0.4 is 15.0 Å². The van der Waals surface area contributed by atoms with Crippen LogP contribution >= 0.6 is 0 Å². The van der Waals surface area contributed by atoms with Crippen molar-refractivity contribution < 1.29 is 13.9 Å². The molecule has 1 saturated heterocycles. The molecule has 1 aliphatic heterocycles. The molecule has 124 valence electrons. The topological polar surface area (TPSA) is 49.9 Å². The Balaban J connectivity index is 1.87. The van der Waals surface area contributed by atoms with E-state index in [9.17, 15) is 4.39 Å². The maximum atomic E-state index is 14.2. The molecule has 1 fully saturated rings. The molecule has 0 atom stereocenters.